The first-order valence-electron chi connectivity index (χ1n) is 4.64. The molecule has 1 atom stereocenters. The molecule has 0 fully saturated rings. The van der Waals surface area contributed by atoms with Crippen molar-refractivity contribution in [3.05, 3.63) is 47.3 Å². The van der Waals surface area contributed by atoms with E-state index in [1.807, 2.05) is 0 Å². The van der Waals surface area contributed by atoms with E-state index >= 15 is 0 Å². The molecular weight excluding hydrogens is 232 g/mol. The minimum Gasteiger partial charge on any atom is -0.322 e. The topological polar surface area (TPSA) is 51.8 Å². The van der Waals surface area contributed by atoms with E-state index in [0.29, 0.717) is 5.69 Å². The van der Waals surface area contributed by atoms with Gasteiger partial charge in [-0.3, -0.25) is 0 Å². The minimum atomic E-state index is -0.472. The zero-order valence-electron chi connectivity index (χ0n) is 8.23. The highest BCUT2D eigenvalue weighted by Crippen LogP contribution is 2.17. The number of halogens is 2. The van der Waals surface area contributed by atoms with E-state index in [4.69, 9.17) is 5.73 Å². The van der Waals surface area contributed by atoms with E-state index in [9.17, 15) is 8.78 Å². The molecule has 0 aliphatic carbocycles. The predicted octanol–water partition coefficient (Wildman–Crippen LogP) is 2.06. The van der Waals surface area contributed by atoms with Crippen LogP contribution in [0.3, 0.4) is 0 Å². The third kappa shape index (κ3) is 2.40. The lowest BCUT2D eigenvalue weighted by atomic mass is 10.0. The van der Waals surface area contributed by atoms with Gasteiger partial charge in [0, 0.05) is 0 Å². The molecule has 0 saturated carbocycles. The monoisotopic (exact) mass is 241 g/mol. The smallest absolute Gasteiger partial charge is 0.126 e. The van der Waals surface area contributed by atoms with E-state index in [1.165, 1.54) is 6.20 Å². The summed E-state index contributed by atoms with van der Waals surface area (Å²) in [4.78, 5) is 0. The number of nitrogens with zero attached hydrogens (tertiary/aromatic N) is 2. The van der Waals surface area contributed by atoms with E-state index in [-0.39, 0.29) is 12.0 Å². The van der Waals surface area contributed by atoms with Crippen molar-refractivity contribution in [1.29, 1.82) is 0 Å². The zero-order valence-corrected chi connectivity index (χ0v) is 9.05. The summed E-state index contributed by atoms with van der Waals surface area (Å²) in [5, 5.41) is 0. The van der Waals surface area contributed by atoms with Gasteiger partial charge in [-0.05, 0) is 30.2 Å². The van der Waals surface area contributed by atoms with Gasteiger partial charge in [0.25, 0.3) is 0 Å². The molecule has 2 aromatic rings. The summed E-state index contributed by atoms with van der Waals surface area (Å²) in [7, 11) is 0. The van der Waals surface area contributed by atoms with Crippen molar-refractivity contribution in [2.45, 2.75) is 12.5 Å². The van der Waals surface area contributed by atoms with Crippen LogP contribution in [0.1, 0.15) is 17.3 Å². The van der Waals surface area contributed by atoms with Crippen LogP contribution < -0.4 is 5.73 Å². The molecule has 1 unspecified atom stereocenters. The van der Waals surface area contributed by atoms with E-state index in [0.717, 1.165) is 29.9 Å². The van der Waals surface area contributed by atoms with Gasteiger partial charge in [0.15, 0.2) is 0 Å². The number of rotatable bonds is 3. The Labute approximate surface area is 95.3 Å². The summed E-state index contributed by atoms with van der Waals surface area (Å²) in [6.45, 7) is 0. The van der Waals surface area contributed by atoms with E-state index in [1.54, 1.807) is 0 Å². The Kier molecular flexibility index (Phi) is 3.21. The molecular formula is C10H9F2N3S. The van der Waals surface area contributed by atoms with Crippen LogP contribution in [0.4, 0.5) is 8.78 Å². The van der Waals surface area contributed by atoms with Crippen molar-refractivity contribution < 1.29 is 8.78 Å². The molecule has 3 nitrogen and oxygen atoms in total. The molecule has 0 bridgehead atoms. The molecule has 1 heterocycles. The average Bonchev–Trinajstić information content (AvgIpc) is 2.76. The lowest BCUT2D eigenvalue weighted by Gasteiger charge is -2.09. The van der Waals surface area contributed by atoms with Gasteiger partial charge in [-0.15, -0.1) is 0 Å². The van der Waals surface area contributed by atoms with Crippen molar-refractivity contribution in [2.24, 2.45) is 5.73 Å². The average molecular weight is 241 g/mol. The van der Waals surface area contributed by atoms with Crippen molar-refractivity contribution in [3.63, 3.8) is 0 Å². The van der Waals surface area contributed by atoms with Gasteiger partial charge in [0.05, 0.1) is 29.7 Å². The van der Waals surface area contributed by atoms with Crippen LogP contribution in [0.25, 0.3) is 0 Å². The third-order valence-electron chi connectivity index (χ3n) is 2.21. The van der Waals surface area contributed by atoms with Crippen LogP contribution in [0, 0.1) is 11.6 Å². The van der Waals surface area contributed by atoms with Gasteiger partial charge in [-0.25, -0.2) is 8.78 Å². The maximum atomic E-state index is 13.3. The molecule has 1 aromatic heterocycles. The standard InChI is InChI=1S/C10H9F2N3S/c11-7-1-2-8(12)6(3-7)4-9(13)10-5-14-16-15-10/h1-3,5,9H,4,13H2. The third-order valence-corrected chi connectivity index (χ3v) is 2.70. The first kappa shape index (κ1) is 11.1. The van der Waals surface area contributed by atoms with Crippen LogP contribution in [0.15, 0.2) is 24.4 Å². The SMILES string of the molecule is NC(Cc1cc(F)ccc1F)c1cnsn1. The fourth-order valence-electron chi connectivity index (χ4n) is 1.38. The Morgan fingerprint density at radius 2 is 2.19 bits per heavy atom. The fourth-order valence-corrected chi connectivity index (χ4v) is 1.86. The summed E-state index contributed by atoms with van der Waals surface area (Å²) in [5.74, 6) is -0.931. The normalized spacial score (nSPS) is 12.7. The number of nitrogens with two attached hydrogens (primary N) is 1. The second kappa shape index (κ2) is 4.63. The Bertz CT molecular complexity index is 473. The van der Waals surface area contributed by atoms with Gasteiger partial charge in [-0.2, -0.15) is 8.75 Å². The van der Waals surface area contributed by atoms with Crippen molar-refractivity contribution >= 4 is 11.7 Å². The summed E-state index contributed by atoms with van der Waals surface area (Å²) in [6.07, 6.45) is 1.74. The number of aromatic nitrogens is 2. The lowest BCUT2D eigenvalue weighted by molar-refractivity contribution is 0.571. The maximum Gasteiger partial charge on any atom is 0.126 e. The molecule has 84 valence electrons. The van der Waals surface area contributed by atoms with Crippen molar-refractivity contribution in [2.75, 3.05) is 0 Å². The quantitative estimate of drug-likeness (QED) is 0.894. The van der Waals surface area contributed by atoms with Gasteiger partial charge >= 0.3 is 0 Å². The highest BCUT2D eigenvalue weighted by Gasteiger charge is 2.13. The first-order chi connectivity index (χ1) is 7.66. The number of benzene rings is 1. The molecule has 1 aromatic carbocycles. The first-order valence-corrected chi connectivity index (χ1v) is 5.37. The van der Waals surface area contributed by atoms with Gasteiger partial charge in [0.2, 0.25) is 0 Å². The summed E-state index contributed by atoms with van der Waals surface area (Å²) >= 11 is 1.04. The van der Waals surface area contributed by atoms with Crippen LogP contribution in [0.2, 0.25) is 0 Å². The van der Waals surface area contributed by atoms with Crippen LogP contribution in [0.5, 0.6) is 0 Å². The molecule has 0 aliphatic rings. The summed E-state index contributed by atoms with van der Waals surface area (Å²) in [5.41, 5.74) is 6.65. The van der Waals surface area contributed by atoms with E-state index < -0.39 is 17.7 Å². The molecule has 2 N–H and O–H groups in total. The van der Waals surface area contributed by atoms with Crippen LogP contribution in [-0.4, -0.2) is 8.75 Å². The second-order valence-corrected chi connectivity index (χ2v) is 3.94. The Morgan fingerprint density at radius 3 is 2.88 bits per heavy atom. The van der Waals surface area contributed by atoms with Gasteiger partial charge in [-0.1, -0.05) is 0 Å². The summed E-state index contributed by atoms with van der Waals surface area (Å²) in [6, 6.07) is 2.86. The summed E-state index contributed by atoms with van der Waals surface area (Å²) < 4.78 is 34.0. The number of hydrogen-bond acceptors (Lipinski definition) is 4. The molecule has 0 saturated heterocycles. The predicted molar refractivity (Wildman–Crippen MR) is 56.9 cm³/mol. The Hall–Kier alpha value is -1.40. The molecule has 0 radical (unpaired) electrons. The Morgan fingerprint density at radius 1 is 1.38 bits per heavy atom. The molecule has 0 amide bonds. The molecule has 6 heteroatoms. The molecule has 2 rings (SSSR count). The van der Waals surface area contributed by atoms with Gasteiger partial charge < -0.3 is 5.73 Å². The second-order valence-electron chi connectivity index (χ2n) is 3.38. The molecule has 0 aliphatic heterocycles. The lowest BCUT2D eigenvalue weighted by Crippen LogP contribution is -2.14. The maximum absolute atomic E-state index is 13.3. The fraction of sp³-hybridized carbons (Fsp3) is 0.200. The van der Waals surface area contributed by atoms with Crippen molar-refractivity contribution in [1.82, 2.24) is 8.75 Å². The van der Waals surface area contributed by atoms with Crippen LogP contribution >= 0.6 is 11.7 Å². The highest BCUT2D eigenvalue weighted by molar-refractivity contribution is 6.99. The zero-order chi connectivity index (χ0) is 11.5. The molecule has 16 heavy (non-hydrogen) atoms. The minimum absolute atomic E-state index is 0.203. The van der Waals surface area contributed by atoms with Gasteiger partial charge in [0.1, 0.15) is 11.6 Å². The largest absolute Gasteiger partial charge is 0.322 e. The van der Waals surface area contributed by atoms with Crippen molar-refractivity contribution in [3.8, 4) is 0 Å². The molecule has 0 spiro atoms. The van der Waals surface area contributed by atoms with E-state index in [2.05, 4.69) is 8.75 Å². The highest BCUT2D eigenvalue weighted by atomic mass is 32.1. The Balaban J connectivity index is 2.17. The number of hydrogen-bond donors (Lipinski definition) is 1. The van der Waals surface area contributed by atoms with Crippen LogP contribution in [-0.2, 0) is 6.42 Å².